The lowest BCUT2D eigenvalue weighted by molar-refractivity contribution is -0.145. The van der Waals surface area contributed by atoms with E-state index in [1.807, 2.05) is 0 Å². The summed E-state index contributed by atoms with van der Waals surface area (Å²) in [4.78, 5) is 48.3. The number of hydrogen-bond acceptors (Lipinski definition) is 7. The second-order valence-corrected chi connectivity index (χ2v) is 21.7. The molecule has 0 bridgehead atoms. The Morgan fingerprint density at radius 2 is 0.699 bits per heavy atom. The third-order valence-electron chi connectivity index (χ3n) is 12.7. The van der Waals surface area contributed by atoms with Crippen LogP contribution >= 0.6 is 0 Å². The van der Waals surface area contributed by atoms with E-state index in [1.54, 1.807) is 41.5 Å². The zero-order valence-electron chi connectivity index (χ0n) is 45.0. The van der Waals surface area contributed by atoms with Gasteiger partial charge in [-0.1, -0.05) is 31.7 Å². The number of carboxylic acids is 1. The minimum absolute atomic E-state index is 0.0826. The van der Waals surface area contributed by atoms with Crippen LogP contribution in [0.2, 0.25) is 0 Å². The SMILES string of the molecule is CC(C)(C)OC(=O)NC1(C(=O)CCc2cc(-c3cc(C(F)(F)F)cc(C(F)(F)F)c3)cc(C(F)(F)F)c2)CCCC1.CC(C)(C)OC(=O)NC1(C(=O)O)CCCC1.NCc1cc(-c2cc(C(F)(F)F)cc(C(F)(F)F)c2)cc(C(F)(F)F)c1. The molecule has 2 aliphatic carbocycles. The van der Waals surface area contributed by atoms with Crippen molar-refractivity contribution in [2.75, 3.05) is 0 Å². The smallest absolute Gasteiger partial charge is 0.416 e. The molecule has 0 atom stereocenters. The van der Waals surface area contributed by atoms with Gasteiger partial charge >= 0.3 is 55.2 Å². The molecule has 2 saturated carbocycles. The highest BCUT2D eigenvalue weighted by molar-refractivity contribution is 5.92. The normalized spacial score (nSPS) is 15.7. The molecule has 10 nitrogen and oxygen atoms in total. The highest BCUT2D eigenvalue weighted by Crippen LogP contribution is 2.43. The minimum atomic E-state index is -5.19. The molecule has 460 valence electrons. The number of ether oxygens (including phenoxy) is 2. The summed E-state index contributed by atoms with van der Waals surface area (Å²) in [7, 11) is 0. The molecule has 6 rings (SSSR count). The van der Waals surface area contributed by atoms with Crippen molar-refractivity contribution in [2.45, 2.75) is 172 Å². The van der Waals surface area contributed by atoms with Crippen LogP contribution in [0.25, 0.3) is 22.3 Å². The first kappa shape index (κ1) is 68.8. The summed E-state index contributed by atoms with van der Waals surface area (Å²) in [5, 5.41) is 14.2. The summed E-state index contributed by atoms with van der Waals surface area (Å²) in [6, 6.07) is 5.58. The van der Waals surface area contributed by atoms with Gasteiger partial charge in [-0.15, -0.1) is 0 Å². The van der Waals surface area contributed by atoms with Crippen molar-refractivity contribution in [3.8, 4) is 22.3 Å². The maximum Gasteiger partial charge on any atom is 0.416 e. The molecule has 0 heterocycles. The van der Waals surface area contributed by atoms with E-state index in [-0.39, 0.29) is 55.5 Å². The Hall–Kier alpha value is -6.74. The largest absolute Gasteiger partial charge is 0.480 e. The first-order valence-electron chi connectivity index (χ1n) is 25.1. The van der Waals surface area contributed by atoms with E-state index in [0.717, 1.165) is 25.0 Å². The average molecular weight is 1210 g/mol. The Kier molecular flexibility index (Phi) is 20.9. The predicted molar refractivity (Wildman–Crippen MR) is 264 cm³/mol. The highest BCUT2D eigenvalue weighted by atomic mass is 19.4. The van der Waals surface area contributed by atoms with Crippen molar-refractivity contribution in [1.29, 1.82) is 0 Å². The Morgan fingerprint density at radius 1 is 0.434 bits per heavy atom. The molecule has 28 heteroatoms. The second kappa shape index (κ2) is 25.2. The van der Waals surface area contributed by atoms with E-state index in [9.17, 15) is 98.2 Å². The molecule has 0 unspecified atom stereocenters. The van der Waals surface area contributed by atoms with Crippen LogP contribution in [0.4, 0.5) is 88.6 Å². The van der Waals surface area contributed by atoms with Crippen molar-refractivity contribution in [2.24, 2.45) is 5.73 Å². The Bertz CT molecular complexity index is 2890. The molecule has 0 aliphatic heterocycles. The molecule has 0 radical (unpaired) electrons. The van der Waals surface area contributed by atoms with Crippen LogP contribution in [0.5, 0.6) is 0 Å². The summed E-state index contributed by atoms with van der Waals surface area (Å²) in [6.07, 6.45) is -28.2. The number of alkyl carbamates (subject to hydrolysis) is 2. The number of Topliss-reactive ketones (excluding diaryl/α,β-unsaturated/α-hetero) is 1. The Balaban J connectivity index is 0.000000299. The number of carbonyl (C=O) groups is 4. The molecule has 2 amide bonds. The molecule has 2 aliphatic rings. The number of amides is 2. The van der Waals surface area contributed by atoms with E-state index in [4.69, 9.17) is 20.3 Å². The summed E-state index contributed by atoms with van der Waals surface area (Å²) in [5.74, 6) is -1.45. The lowest BCUT2D eigenvalue weighted by Crippen LogP contribution is -2.53. The van der Waals surface area contributed by atoms with Crippen LogP contribution < -0.4 is 16.4 Å². The quantitative estimate of drug-likeness (QED) is 0.114. The molecule has 83 heavy (non-hydrogen) atoms. The highest BCUT2D eigenvalue weighted by Gasteiger charge is 2.45. The van der Waals surface area contributed by atoms with E-state index in [0.29, 0.717) is 74.2 Å². The second-order valence-electron chi connectivity index (χ2n) is 21.7. The number of aliphatic carboxylic acids is 1. The van der Waals surface area contributed by atoms with Crippen molar-refractivity contribution >= 4 is 23.9 Å². The average Bonchev–Trinajstić information content (AvgIpc) is 4.09. The summed E-state index contributed by atoms with van der Waals surface area (Å²) >= 11 is 0. The Labute approximate surface area is 463 Å². The van der Waals surface area contributed by atoms with Crippen LogP contribution in [0.15, 0.2) is 72.8 Å². The predicted octanol–water partition coefficient (Wildman–Crippen LogP) is 16.5. The van der Waals surface area contributed by atoms with Crippen LogP contribution in [-0.2, 0) is 69.1 Å². The zero-order chi connectivity index (χ0) is 63.3. The van der Waals surface area contributed by atoms with Gasteiger partial charge in [0.05, 0.1) is 33.4 Å². The van der Waals surface area contributed by atoms with Crippen LogP contribution in [0, 0.1) is 0 Å². The number of alkyl halides is 18. The van der Waals surface area contributed by atoms with Crippen molar-refractivity contribution in [3.63, 3.8) is 0 Å². The number of carboxylic acid groups (broad SMARTS) is 1. The van der Waals surface area contributed by atoms with Gasteiger partial charge in [0.25, 0.3) is 0 Å². The van der Waals surface area contributed by atoms with Crippen LogP contribution in [0.1, 0.15) is 144 Å². The van der Waals surface area contributed by atoms with E-state index in [2.05, 4.69) is 10.6 Å². The number of nitrogens with two attached hydrogens (primary N) is 1. The third kappa shape index (κ3) is 20.0. The number of benzene rings is 4. The molecular formula is C55H57F18N3O7. The number of halogens is 18. The molecule has 0 saturated heterocycles. The standard InChI is InChI=1S/C28H28F9NO3.C16H10F9N.C11H19NO4/c1-24(2,3)41-23(40)38-25(8-4-5-9-25)22(39)7-6-16-10-17(12-19(11-16)26(29,30)31)18-13-20(27(32,33)34)15-21(14-18)28(35,36)37;17-14(18,19)11-2-8(7-26)1-9(3-11)10-4-12(15(20,21)22)6-13(5-10)16(23,24)25;1-10(2,3)16-9(15)12-11(8(13)14)6-4-5-7-11/h10-15H,4-9H2,1-3H3,(H,38,40);1-6H,7,26H2;4-7H2,1-3H3,(H,12,15)(H,13,14). The third-order valence-corrected chi connectivity index (χ3v) is 12.7. The van der Waals surface area contributed by atoms with Crippen molar-refractivity contribution < 1.29 is 113 Å². The van der Waals surface area contributed by atoms with Gasteiger partial charge in [-0.2, -0.15) is 79.0 Å². The van der Waals surface area contributed by atoms with Gasteiger partial charge in [0.15, 0.2) is 5.78 Å². The summed E-state index contributed by atoms with van der Waals surface area (Å²) in [5.41, 5.74) is -10.2. The monoisotopic (exact) mass is 1210 g/mol. The minimum Gasteiger partial charge on any atom is -0.480 e. The molecule has 4 aromatic carbocycles. The van der Waals surface area contributed by atoms with Gasteiger partial charge in [0.2, 0.25) is 0 Å². The molecule has 0 spiro atoms. The van der Waals surface area contributed by atoms with Gasteiger partial charge in [0.1, 0.15) is 22.3 Å². The van der Waals surface area contributed by atoms with E-state index < -0.39 is 139 Å². The fourth-order valence-electron chi connectivity index (χ4n) is 8.87. The number of aryl methyl sites for hydroxylation is 1. The maximum absolute atomic E-state index is 13.7. The maximum atomic E-state index is 13.7. The molecule has 0 aromatic heterocycles. The van der Waals surface area contributed by atoms with Gasteiger partial charge in [-0.25, -0.2) is 14.4 Å². The van der Waals surface area contributed by atoms with E-state index in [1.165, 1.54) is 0 Å². The summed E-state index contributed by atoms with van der Waals surface area (Å²) in [6.45, 7) is 9.75. The molecule has 4 aromatic rings. The molecule has 2 fully saturated rings. The summed E-state index contributed by atoms with van der Waals surface area (Å²) < 4.78 is 248. The number of nitrogens with one attached hydrogen (secondary N) is 2. The van der Waals surface area contributed by atoms with Gasteiger partial charge in [0, 0.05) is 13.0 Å². The van der Waals surface area contributed by atoms with E-state index >= 15 is 0 Å². The first-order chi connectivity index (χ1) is 37.6. The Morgan fingerprint density at radius 3 is 0.988 bits per heavy atom. The number of hydrogen-bond donors (Lipinski definition) is 4. The van der Waals surface area contributed by atoms with Crippen molar-refractivity contribution in [1.82, 2.24) is 10.6 Å². The topological polar surface area (TPSA) is 157 Å². The van der Waals surface area contributed by atoms with Gasteiger partial charge in [-0.3, -0.25) is 4.79 Å². The van der Waals surface area contributed by atoms with Crippen LogP contribution in [0.3, 0.4) is 0 Å². The molecule has 5 N–H and O–H groups in total. The van der Waals surface area contributed by atoms with Crippen molar-refractivity contribution in [3.05, 3.63) is 117 Å². The first-order valence-corrected chi connectivity index (χ1v) is 25.1. The van der Waals surface area contributed by atoms with Gasteiger partial charge < -0.3 is 30.9 Å². The van der Waals surface area contributed by atoms with Gasteiger partial charge in [-0.05, 0) is 174 Å². The number of carbonyl (C=O) groups excluding carboxylic acids is 3. The fraction of sp³-hybridized carbons (Fsp3) is 0.491. The fourth-order valence-corrected chi connectivity index (χ4v) is 8.87. The number of ketones is 1. The number of rotatable bonds is 10. The lowest BCUT2D eigenvalue weighted by atomic mass is 9.87. The lowest BCUT2D eigenvalue weighted by Gasteiger charge is -2.30. The zero-order valence-corrected chi connectivity index (χ0v) is 45.0. The van der Waals surface area contributed by atoms with Crippen LogP contribution in [-0.4, -0.2) is 51.3 Å². The molecular weight excluding hydrogens is 1160 g/mol.